The first-order valence-electron chi connectivity index (χ1n) is 9.53. The Morgan fingerprint density at radius 2 is 2.03 bits per heavy atom. The smallest absolute Gasteiger partial charge is 0.257 e. The first-order chi connectivity index (χ1) is 14.2. The molecular formula is C22H23N3O4. The minimum Gasteiger partial charge on any atom is -0.489 e. The Labute approximate surface area is 169 Å². The number of amides is 1. The zero-order chi connectivity index (χ0) is 20.1. The van der Waals surface area contributed by atoms with Crippen molar-refractivity contribution in [2.45, 2.75) is 19.1 Å². The number of nitrogens with one attached hydrogen (secondary N) is 1. The minimum absolute atomic E-state index is 0.0222. The van der Waals surface area contributed by atoms with Gasteiger partial charge in [-0.15, -0.1) is 0 Å². The number of carbonyl (C=O) groups is 1. The van der Waals surface area contributed by atoms with Crippen LogP contribution in [0.25, 0.3) is 0 Å². The van der Waals surface area contributed by atoms with Gasteiger partial charge in [0.15, 0.2) is 5.82 Å². The Hall–Kier alpha value is -3.32. The third-order valence-electron chi connectivity index (χ3n) is 4.54. The molecule has 0 bridgehead atoms. The Kier molecular flexibility index (Phi) is 5.76. The van der Waals surface area contributed by atoms with E-state index < -0.39 is 0 Å². The molecule has 1 atom stereocenters. The van der Waals surface area contributed by atoms with Gasteiger partial charge >= 0.3 is 0 Å². The number of anilines is 1. The van der Waals surface area contributed by atoms with Crippen LogP contribution >= 0.6 is 0 Å². The molecular weight excluding hydrogens is 370 g/mol. The first kappa shape index (κ1) is 19.0. The van der Waals surface area contributed by atoms with E-state index in [1.54, 1.807) is 42.2 Å². The van der Waals surface area contributed by atoms with Crippen molar-refractivity contribution in [2.75, 3.05) is 18.5 Å². The van der Waals surface area contributed by atoms with Crippen molar-refractivity contribution in [2.24, 2.45) is 7.05 Å². The number of aryl methyl sites for hydroxylation is 1. The van der Waals surface area contributed by atoms with Gasteiger partial charge in [0.25, 0.3) is 5.91 Å². The molecule has 1 aromatic heterocycles. The lowest BCUT2D eigenvalue weighted by Crippen LogP contribution is -2.17. The van der Waals surface area contributed by atoms with Gasteiger partial charge in [-0.05, 0) is 17.7 Å². The quantitative estimate of drug-likeness (QED) is 0.666. The molecule has 0 saturated carbocycles. The van der Waals surface area contributed by atoms with E-state index in [0.29, 0.717) is 42.7 Å². The van der Waals surface area contributed by atoms with Crippen LogP contribution in [0.3, 0.4) is 0 Å². The lowest BCUT2D eigenvalue weighted by atomic mass is 10.1. The summed E-state index contributed by atoms with van der Waals surface area (Å²) >= 11 is 0. The van der Waals surface area contributed by atoms with E-state index in [4.69, 9.17) is 14.2 Å². The van der Waals surface area contributed by atoms with E-state index in [-0.39, 0.29) is 12.0 Å². The van der Waals surface area contributed by atoms with Gasteiger partial charge in [-0.1, -0.05) is 30.3 Å². The van der Waals surface area contributed by atoms with Gasteiger partial charge in [-0.25, -0.2) is 0 Å². The van der Waals surface area contributed by atoms with E-state index in [2.05, 4.69) is 10.4 Å². The molecule has 2 heterocycles. The molecule has 1 amide bonds. The minimum atomic E-state index is -0.276. The van der Waals surface area contributed by atoms with Crippen molar-refractivity contribution in [1.29, 1.82) is 0 Å². The maximum absolute atomic E-state index is 12.7. The average Bonchev–Trinajstić information content (AvgIpc) is 3.38. The van der Waals surface area contributed by atoms with Crippen LogP contribution in [0.5, 0.6) is 11.5 Å². The van der Waals surface area contributed by atoms with Gasteiger partial charge in [-0.2, -0.15) is 5.10 Å². The largest absolute Gasteiger partial charge is 0.489 e. The van der Waals surface area contributed by atoms with Crippen LogP contribution in [0.1, 0.15) is 22.3 Å². The Morgan fingerprint density at radius 3 is 2.76 bits per heavy atom. The number of hydrogen-bond donors (Lipinski definition) is 1. The summed E-state index contributed by atoms with van der Waals surface area (Å²) in [4.78, 5) is 12.7. The normalized spacial score (nSPS) is 15.8. The van der Waals surface area contributed by atoms with E-state index in [9.17, 15) is 4.79 Å². The summed E-state index contributed by atoms with van der Waals surface area (Å²) in [6, 6.07) is 16.8. The zero-order valence-electron chi connectivity index (χ0n) is 16.2. The molecule has 3 aromatic rings. The Bertz CT molecular complexity index is 965. The van der Waals surface area contributed by atoms with Crippen LogP contribution in [0.2, 0.25) is 0 Å². The van der Waals surface area contributed by atoms with Crippen molar-refractivity contribution in [3.8, 4) is 11.5 Å². The van der Waals surface area contributed by atoms with Crippen LogP contribution in [0, 0.1) is 0 Å². The van der Waals surface area contributed by atoms with Crippen LogP contribution in [-0.2, 0) is 18.4 Å². The number of nitrogens with zero attached hydrogens (tertiary/aromatic N) is 2. The van der Waals surface area contributed by atoms with Gasteiger partial charge in [0.1, 0.15) is 24.2 Å². The fraction of sp³-hybridized carbons (Fsp3) is 0.273. The monoisotopic (exact) mass is 393 g/mol. The summed E-state index contributed by atoms with van der Waals surface area (Å²) in [6.07, 6.45) is 2.57. The highest BCUT2D eigenvalue weighted by molar-refractivity contribution is 6.04. The molecule has 1 aliphatic rings. The number of carbonyl (C=O) groups excluding carboxylic acids is 1. The molecule has 29 heavy (non-hydrogen) atoms. The van der Waals surface area contributed by atoms with Crippen LogP contribution in [-0.4, -0.2) is 35.0 Å². The molecule has 0 radical (unpaired) electrons. The number of ether oxygens (including phenoxy) is 3. The van der Waals surface area contributed by atoms with Gasteiger partial charge in [-0.3, -0.25) is 9.48 Å². The lowest BCUT2D eigenvalue weighted by Gasteiger charge is -2.15. The highest BCUT2D eigenvalue weighted by atomic mass is 16.5. The second kappa shape index (κ2) is 8.79. The maximum atomic E-state index is 12.7. The molecule has 150 valence electrons. The van der Waals surface area contributed by atoms with E-state index >= 15 is 0 Å². The van der Waals surface area contributed by atoms with Gasteiger partial charge in [0.2, 0.25) is 0 Å². The lowest BCUT2D eigenvalue weighted by molar-refractivity contribution is 0.102. The maximum Gasteiger partial charge on any atom is 0.257 e. The molecule has 1 N–H and O–H groups in total. The zero-order valence-corrected chi connectivity index (χ0v) is 16.2. The van der Waals surface area contributed by atoms with E-state index in [1.807, 2.05) is 30.3 Å². The first-order valence-corrected chi connectivity index (χ1v) is 9.53. The van der Waals surface area contributed by atoms with Crippen molar-refractivity contribution in [1.82, 2.24) is 9.78 Å². The number of aromatic nitrogens is 2. The van der Waals surface area contributed by atoms with Crippen LogP contribution < -0.4 is 14.8 Å². The average molecular weight is 393 g/mol. The Morgan fingerprint density at radius 1 is 1.21 bits per heavy atom. The topological polar surface area (TPSA) is 74.6 Å². The summed E-state index contributed by atoms with van der Waals surface area (Å²) in [6.45, 7) is 1.63. The highest BCUT2D eigenvalue weighted by Crippen LogP contribution is 2.26. The summed E-state index contributed by atoms with van der Waals surface area (Å²) < 4.78 is 18.9. The van der Waals surface area contributed by atoms with Crippen LogP contribution in [0.15, 0.2) is 60.8 Å². The summed E-state index contributed by atoms with van der Waals surface area (Å²) in [5.41, 5.74) is 1.48. The predicted octanol–water partition coefficient (Wildman–Crippen LogP) is 3.42. The van der Waals surface area contributed by atoms with Gasteiger partial charge in [0, 0.05) is 37.4 Å². The molecule has 0 spiro atoms. The number of benzene rings is 2. The van der Waals surface area contributed by atoms with Crippen LogP contribution in [0.4, 0.5) is 5.82 Å². The van der Waals surface area contributed by atoms with Crippen molar-refractivity contribution in [3.63, 3.8) is 0 Å². The molecule has 4 rings (SSSR count). The third-order valence-corrected chi connectivity index (χ3v) is 4.54. The second-order valence-electron chi connectivity index (χ2n) is 6.90. The second-order valence-corrected chi connectivity index (χ2v) is 6.90. The standard InChI is InChI=1S/C22H23N3O4/c1-25-9-7-21(24-25)23-22(26)17-11-19(28-14-16-5-3-2-4-6-16)13-20(12-17)29-18-8-10-27-15-18/h2-7,9,11-13,18H,8,10,14-15H2,1H3,(H,23,24,26). The molecule has 7 nitrogen and oxygen atoms in total. The fourth-order valence-corrected chi connectivity index (χ4v) is 3.06. The molecule has 1 fully saturated rings. The SMILES string of the molecule is Cn1ccc(NC(=O)c2cc(OCc3ccccc3)cc(OC3CCOC3)c2)n1. The van der Waals surface area contributed by atoms with E-state index in [0.717, 1.165) is 12.0 Å². The molecule has 0 aliphatic carbocycles. The number of rotatable bonds is 7. The summed E-state index contributed by atoms with van der Waals surface area (Å²) in [5, 5.41) is 6.98. The molecule has 7 heteroatoms. The van der Waals surface area contributed by atoms with Crippen molar-refractivity contribution in [3.05, 3.63) is 71.9 Å². The molecule has 1 aliphatic heterocycles. The molecule has 1 unspecified atom stereocenters. The van der Waals surface area contributed by atoms with Crippen molar-refractivity contribution >= 4 is 11.7 Å². The van der Waals surface area contributed by atoms with Gasteiger partial charge in [0.05, 0.1) is 13.2 Å². The molecule has 1 saturated heterocycles. The number of hydrogen-bond acceptors (Lipinski definition) is 5. The van der Waals surface area contributed by atoms with E-state index in [1.165, 1.54) is 0 Å². The highest BCUT2D eigenvalue weighted by Gasteiger charge is 2.19. The summed E-state index contributed by atoms with van der Waals surface area (Å²) in [7, 11) is 1.79. The fourth-order valence-electron chi connectivity index (χ4n) is 3.06. The Balaban J connectivity index is 1.53. The summed E-state index contributed by atoms with van der Waals surface area (Å²) in [5.74, 6) is 1.36. The predicted molar refractivity (Wildman–Crippen MR) is 108 cm³/mol. The van der Waals surface area contributed by atoms with Crippen molar-refractivity contribution < 1.29 is 19.0 Å². The third kappa shape index (κ3) is 5.14. The van der Waals surface area contributed by atoms with Gasteiger partial charge < -0.3 is 19.5 Å². The molecule has 2 aromatic carbocycles.